The van der Waals surface area contributed by atoms with E-state index in [2.05, 4.69) is 10.6 Å². The number of carbonyl (C=O) groups is 2. The summed E-state index contributed by atoms with van der Waals surface area (Å²) < 4.78 is 15.9. The summed E-state index contributed by atoms with van der Waals surface area (Å²) in [6.07, 6.45) is 0.547. The highest BCUT2D eigenvalue weighted by atomic mass is 16.5. The Morgan fingerprint density at radius 3 is 2.45 bits per heavy atom. The van der Waals surface area contributed by atoms with Crippen LogP contribution in [0.3, 0.4) is 0 Å². The number of fused-ring (bicyclic) bond motifs is 1. The van der Waals surface area contributed by atoms with Gasteiger partial charge in [0.15, 0.2) is 5.78 Å². The molecule has 162 valence electrons. The van der Waals surface area contributed by atoms with Crippen LogP contribution in [0.4, 0.5) is 11.4 Å². The number of hydrogen-bond donors (Lipinski definition) is 2. The summed E-state index contributed by atoms with van der Waals surface area (Å²) >= 11 is 0. The second-order valence-corrected chi connectivity index (χ2v) is 7.79. The monoisotopic (exact) mass is 422 g/mol. The van der Waals surface area contributed by atoms with Gasteiger partial charge < -0.3 is 24.8 Å². The van der Waals surface area contributed by atoms with Gasteiger partial charge in [-0.3, -0.25) is 9.59 Å². The van der Waals surface area contributed by atoms with Crippen molar-refractivity contribution in [3.8, 4) is 11.5 Å². The number of rotatable bonds is 4. The molecule has 31 heavy (non-hydrogen) atoms. The van der Waals surface area contributed by atoms with E-state index in [1.165, 1.54) is 7.11 Å². The van der Waals surface area contributed by atoms with E-state index in [1.54, 1.807) is 20.3 Å². The van der Waals surface area contributed by atoms with Gasteiger partial charge in [-0.2, -0.15) is 0 Å². The Hall–Kier alpha value is -3.48. The molecule has 2 N–H and O–H groups in total. The molecule has 7 nitrogen and oxygen atoms in total. The average molecular weight is 422 g/mol. The normalized spacial score (nSPS) is 22.3. The minimum atomic E-state index is -0.847. The van der Waals surface area contributed by atoms with Gasteiger partial charge in [0.1, 0.15) is 17.4 Å². The van der Waals surface area contributed by atoms with Crippen molar-refractivity contribution in [2.24, 2.45) is 11.8 Å². The van der Waals surface area contributed by atoms with E-state index in [-0.39, 0.29) is 11.7 Å². The van der Waals surface area contributed by atoms with Gasteiger partial charge in [-0.1, -0.05) is 19.1 Å². The number of allylic oxidation sites excluding steroid dienone is 1. The lowest BCUT2D eigenvalue weighted by atomic mass is 9.74. The average Bonchev–Trinajstić information content (AvgIpc) is 2.94. The second kappa shape index (κ2) is 8.34. The van der Waals surface area contributed by atoms with E-state index < -0.39 is 17.9 Å². The molecule has 0 bridgehead atoms. The summed E-state index contributed by atoms with van der Waals surface area (Å²) in [4.78, 5) is 26.1. The molecule has 0 aromatic heterocycles. The largest absolute Gasteiger partial charge is 0.497 e. The van der Waals surface area contributed by atoms with Crippen LogP contribution in [0, 0.1) is 11.8 Å². The molecule has 1 aliphatic carbocycles. The van der Waals surface area contributed by atoms with Crippen molar-refractivity contribution >= 4 is 23.1 Å². The molecular formula is C24H26N2O5. The fourth-order valence-corrected chi connectivity index (χ4v) is 4.42. The molecule has 1 aliphatic heterocycles. The Bertz CT molecular complexity index is 1060. The summed E-state index contributed by atoms with van der Waals surface area (Å²) in [7, 11) is 4.49. The molecule has 1 heterocycles. The molecule has 0 spiro atoms. The summed E-state index contributed by atoms with van der Waals surface area (Å²) in [6, 6.07) is 12.8. The smallest absolute Gasteiger partial charge is 0.316 e. The molecule has 0 saturated carbocycles. The van der Waals surface area contributed by atoms with Crippen molar-refractivity contribution in [3.63, 3.8) is 0 Å². The standard InChI is InChI=1S/C24H26N2O5/c1-13-11-18-21(23(27)20(13)24(28)31-4)22(26-17-8-6-5-7-16(17)25-18)15-10-9-14(29-2)12-19(15)30-3/h5-10,12-13,20,22,25-26H,11H2,1-4H3/t13-,20-,22+/m0/s1. The van der Waals surface area contributed by atoms with E-state index >= 15 is 0 Å². The number of anilines is 2. The molecule has 0 amide bonds. The first-order valence-electron chi connectivity index (χ1n) is 10.2. The van der Waals surface area contributed by atoms with Crippen LogP contribution in [0.5, 0.6) is 11.5 Å². The quantitative estimate of drug-likeness (QED) is 0.570. The summed E-state index contributed by atoms with van der Waals surface area (Å²) in [5.41, 5.74) is 3.84. The molecule has 7 heteroatoms. The SMILES string of the molecule is COC(=O)[C@@H]1C(=O)C2=C(C[C@@H]1C)Nc1ccccc1N[C@@H]2c1ccc(OC)cc1OC. The zero-order valence-electron chi connectivity index (χ0n) is 18.0. The van der Waals surface area contributed by atoms with Gasteiger partial charge in [0, 0.05) is 22.9 Å². The van der Waals surface area contributed by atoms with Crippen LogP contribution in [-0.4, -0.2) is 33.1 Å². The van der Waals surface area contributed by atoms with E-state index in [9.17, 15) is 9.59 Å². The van der Waals surface area contributed by atoms with E-state index in [0.29, 0.717) is 23.5 Å². The Labute approximate surface area is 181 Å². The van der Waals surface area contributed by atoms with Crippen molar-refractivity contribution in [2.75, 3.05) is 32.0 Å². The highest BCUT2D eigenvalue weighted by molar-refractivity contribution is 6.11. The topological polar surface area (TPSA) is 85.9 Å². The summed E-state index contributed by atoms with van der Waals surface area (Å²) in [6.45, 7) is 1.90. The highest BCUT2D eigenvalue weighted by Crippen LogP contribution is 2.45. The predicted molar refractivity (Wildman–Crippen MR) is 117 cm³/mol. The molecule has 4 rings (SSSR count). The first kappa shape index (κ1) is 20.8. The van der Waals surface area contributed by atoms with Crippen LogP contribution in [0.2, 0.25) is 0 Å². The van der Waals surface area contributed by atoms with E-state index in [1.807, 2.05) is 43.3 Å². The van der Waals surface area contributed by atoms with Crippen molar-refractivity contribution < 1.29 is 23.8 Å². The maximum Gasteiger partial charge on any atom is 0.316 e. The zero-order valence-corrected chi connectivity index (χ0v) is 18.0. The number of hydrogen-bond acceptors (Lipinski definition) is 7. The number of nitrogens with one attached hydrogen (secondary N) is 2. The minimum absolute atomic E-state index is 0.185. The van der Waals surface area contributed by atoms with Crippen LogP contribution in [-0.2, 0) is 14.3 Å². The lowest BCUT2D eigenvalue weighted by Crippen LogP contribution is -2.39. The van der Waals surface area contributed by atoms with Crippen LogP contribution in [0.1, 0.15) is 24.9 Å². The highest BCUT2D eigenvalue weighted by Gasteiger charge is 2.44. The fraction of sp³-hybridized carbons (Fsp3) is 0.333. The number of methoxy groups -OCH3 is 3. The van der Waals surface area contributed by atoms with E-state index in [4.69, 9.17) is 14.2 Å². The van der Waals surface area contributed by atoms with Crippen molar-refractivity contribution in [2.45, 2.75) is 19.4 Å². The number of Topliss-reactive ketones (excluding diaryl/α,β-unsaturated/α-hetero) is 1. The third-order valence-corrected chi connectivity index (χ3v) is 5.98. The van der Waals surface area contributed by atoms with Gasteiger partial charge >= 0.3 is 5.97 Å². The molecule has 0 unspecified atom stereocenters. The van der Waals surface area contributed by atoms with Crippen LogP contribution < -0.4 is 20.1 Å². The molecule has 0 fully saturated rings. The third kappa shape index (κ3) is 3.60. The Morgan fingerprint density at radius 1 is 1.03 bits per heavy atom. The maximum absolute atomic E-state index is 13.7. The Balaban J connectivity index is 1.90. The van der Waals surface area contributed by atoms with Crippen LogP contribution in [0.25, 0.3) is 0 Å². The minimum Gasteiger partial charge on any atom is -0.497 e. The lowest BCUT2D eigenvalue weighted by Gasteiger charge is -2.32. The van der Waals surface area contributed by atoms with Gasteiger partial charge in [0.05, 0.1) is 38.7 Å². The number of ketones is 1. The zero-order chi connectivity index (χ0) is 22.1. The first-order chi connectivity index (χ1) is 15.0. The molecule has 2 aliphatic rings. The number of benzene rings is 2. The number of carbonyl (C=O) groups excluding carboxylic acids is 2. The number of para-hydroxylation sites is 2. The molecule has 0 saturated heterocycles. The number of ether oxygens (including phenoxy) is 3. The van der Waals surface area contributed by atoms with Crippen LogP contribution >= 0.6 is 0 Å². The van der Waals surface area contributed by atoms with Crippen molar-refractivity contribution in [1.82, 2.24) is 0 Å². The predicted octanol–water partition coefficient (Wildman–Crippen LogP) is 3.93. The van der Waals surface area contributed by atoms with Gasteiger partial charge in [0.25, 0.3) is 0 Å². The second-order valence-electron chi connectivity index (χ2n) is 7.79. The van der Waals surface area contributed by atoms with Gasteiger partial charge in [-0.25, -0.2) is 0 Å². The van der Waals surface area contributed by atoms with Gasteiger partial charge in [-0.05, 0) is 36.6 Å². The Morgan fingerprint density at radius 2 is 1.77 bits per heavy atom. The van der Waals surface area contributed by atoms with Gasteiger partial charge in [0.2, 0.25) is 0 Å². The summed E-state index contributed by atoms with van der Waals surface area (Å²) in [5, 5.41) is 6.93. The lowest BCUT2D eigenvalue weighted by molar-refractivity contribution is -0.151. The van der Waals surface area contributed by atoms with Crippen molar-refractivity contribution in [3.05, 3.63) is 59.3 Å². The molecule has 2 aromatic carbocycles. The summed E-state index contributed by atoms with van der Waals surface area (Å²) in [5.74, 6) is -0.542. The van der Waals surface area contributed by atoms with Crippen LogP contribution in [0.15, 0.2) is 53.7 Å². The molecule has 0 radical (unpaired) electrons. The van der Waals surface area contributed by atoms with Gasteiger partial charge in [-0.15, -0.1) is 0 Å². The number of esters is 1. The molecular weight excluding hydrogens is 396 g/mol. The molecule has 2 aromatic rings. The van der Waals surface area contributed by atoms with E-state index in [0.717, 1.165) is 22.6 Å². The first-order valence-corrected chi connectivity index (χ1v) is 10.2. The molecule has 3 atom stereocenters. The van der Waals surface area contributed by atoms with Crippen molar-refractivity contribution in [1.29, 1.82) is 0 Å². The maximum atomic E-state index is 13.7. The fourth-order valence-electron chi connectivity index (χ4n) is 4.42. The third-order valence-electron chi connectivity index (χ3n) is 5.98. The Kier molecular flexibility index (Phi) is 5.59.